The van der Waals surface area contributed by atoms with Crippen LogP contribution in [0.2, 0.25) is 0 Å². The second-order valence-corrected chi connectivity index (χ2v) is 15.0. The van der Waals surface area contributed by atoms with Crippen molar-refractivity contribution in [3.05, 3.63) is 23.1 Å². The van der Waals surface area contributed by atoms with E-state index in [0.717, 1.165) is 60.3 Å². The molecule has 4 aliphatic carbocycles. The Morgan fingerprint density at radius 3 is 2.54 bits per heavy atom. The molecule has 4 rings (SSSR count). The molecular formula is C31H50O5S. The molecule has 0 spiro atoms. The second kappa shape index (κ2) is 11.2. The third kappa shape index (κ3) is 5.90. The van der Waals surface area contributed by atoms with Crippen LogP contribution in [-0.4, -0.2) is 27.6 Å². The summed E-state index contributed by atoms with van der Waals surface area (Å²) >= 11 is 0. The summed E-state index contributed by atoms with van der Waals surface area (Å²) in [6, 6.07) is 0. The molecule has 6 heteroatoms. The molecule has 0 N–H and O–H groups in total. The minimum absolute atomic E-state index is 0.149. The molecule has 0 saturated heterocycles. The van der Waals surface area contributed by atoms with Gasteiger partial charge in [-0.25, -0.2) is 4.79 Å². The van der Waals surface area contributed by atoms with Gasteiger partial charge in [-0.2, -0.15) is 8.42 Å². The van der Waals surface area contributed by atoms with E-state index in [4.69, 9.17) is 4.18 Å². The Morgan fingerprint density at radius 1 is 1.08 bits per heavy atom. The molecule has 0 unspecified atom stereocenters. The van der Waals surface area contributed by atoms with E-state index in [1.807, 2.05) is 0 Å². The first-order valence-electron chi connectivity index (χ1n) is 14.8. The second-order valence-electron chi connectivity index (χ2n) is 13.6. The minimum atomic E-state index is -3.92. The molecule has 0 heterocycles. The molecule has 3 fully saturated rings. The average Bonchev–Trinajstić information content (AvgIpc) is 3.19. The molecule has 210 valence electrons. The van der Waals surface area contributed by atoms with Gasteiger partial charge in [-0.1, -0.05) is 65.5 Å². The molecule has 8 atom stereocenters. The van der Waals surface area contributed by atoms with Crippen LogP contribution < -0.4 is 0 Å². The van der Waals surface area contributed by atoms with E-state index in [2.05, 4.69) is 45.4 Å². The minimum Gasteiger partial charge on any atom is -0.466 e. The fraction of sp³-hybridized carbons (Fsp3) is 0.839. The lowest BCUT2D eigenvalue weighted by molar-refractivity contribution is -0.134. The average molecular weight is 535 g/mol. The maximum atomic E-state index is 12.4. The van der Waals surface area contributed by atoms with Crippen molar-refractivity contribution in [2.75, 3.05) is 7.11 Å². The Labute approximate surface area is 226 Å². The summed E-state index contributed by atoms with van der Waals surface area (Å²) in [5.41, 5.74) is 2.02. The van der Waals surface area contributed by atoms with Gasteiger partial charge in [0.25, 0.3) is 10.1 Å². The Bertz CT molecular complexity index is 997. The van der Waals surface area contributed by atoms with E-state index >= 15 is 0 Å². The number of esters is 1. The maximum absolute atomic E-state index is 12.4. The molecule has 0 bridgehead atoms. The van der Waals surface area contributed by atoms with Crippen LogP contribution in [0.4, 0.5) is 0 Å². The number of methoxy groups -OCH3 is 1. The van der Waals surface area contributed by atoms with Gasteiger partial charge in [0.05, 0.1) is 18.6 Å². The number of allylic oxidation sites excluding steroid dienone is 1. The van der Waals surface area contributed by atoms with Crippen molar-refractivity contribution in [1.29, 1.82) is 0 Å². The summed E-state index contributed by atoms with van der Waals surface area (Å²) in [5, 5.41) is 0.820. The summed E-state index contributed by atoms with van der Waals surface area (Å²) in [6.07, 6.45) is 16.0. The lowest BCUT2D eigenvalue weighted by Crippen LogP contribution is -2.51. The number of hydrogen-bond acceptors (Lipinski definition) is 5. The van der Waals surface area contributed by atoms with Crippen molar-refractivity contribution < 1.29 is 22.1 Å². The van der Waals surface area contributed by atoms with E-state index in [1.165, 1.54) is 57.6 Å². The number of carbonyl (C=O) groups excluding carboxylic acids is 1. The smallest absolute Gasteiger partial charge is 0.331 e. The highest BCUT2D eigenvalue weighted by Gasteiger charge is 2.59. The van der Waals surface area contributed by atoms with Gasteiger partial charge < -0.3 is 4.74 Å². The van der Waals surface area contributed by atoms with Crippen LogP contribution in [0.15, 0.2) is 23.1 Å². The van der Waals surface area contributed by atoms with Crippen LogP contribution in [-0.2, 0) is 23.8 Å². The first-order valence-corrected chi connectivity index (χ1v) is 16.3. The van der Waals surface area contributed by atoms with Crippen molar-refractivity contribution in [3.63, 3.8) is 0 Å². The summed E-state index contributed by atoms with van der Waals surface area (Å²) in [4.78, 5) is 11.3. The highest BCUT2D eigenvalue weighted by molar-refractivity contribution is 7.89. The molecule has 0 aromatic rings. The van der Waals surface area contributed by atoms with Gasteiger partial charge in [0.1, 0.15) is 0 Å². The topological polar surface area (TPSA) is 69.7 Å². The highest BCUT2D eigenvalue weighted by Crippen LogP contribution is 2.67. The summed E-state index contributed by atoms with van der Waals surface area (Å²) in [6.45, 7) is 12.3. The molecule has 0 amide bonds. The van der Waals surface area contributed by atoms with Gasteiger partial charge in [-0.05, 0) is 97.7 Å². The zero-order valence-electron chi connectivity index (χ0n) is 24.0. The van der Waals surface area contributed by atoms with E-state index in [0.29, 0.717) is 17.8 Å². The number of rotatable bonds is 9. The number of carbonyl (C=O) groups is 1. The zero-order valence-corrected chi connectivity index (χ0v) is 24.8. The van der Waals surface area contributed by atoms with Crippen LogP contribution in [0.1, 0.15) is 105 Å². The lowest BCUT2D eigenvalue weighted by atomic mass is 9.47. The SMILES string of the molecule is COC(=O)/C=C/S(=O)(=O)O[C@H]1CC[C@@]2(C)C(=CC[C@H]3[C@@H]4CC[C@H]([C@H](C)CCCC(C)C)[C@@]4(C)CC[C@@H]32)C1. The van der Waals surface area contributed by atoms with Crippen LogP contribution in [0.3, 0.4) is 0 Å². The van der Waals surface area contributed by atoms with Gasteiger partial charge in [0.15, 0.2) is 0 Å². The van der Waals surface area contributed by atoms with Crippen molar-refractivity contribution >= 4 is 16.1 Å². The first-order chi connectivity index (χ1) is 17.4. The fourth-order valence-corrected chi connectivity index (χ4v) is 10.0. The largest absolute Gasteiger partial charge is 0.466 e. The monoisotopic (exact) mass is 534 g/mol. The highest BCUT2D eigenvalue weighted by atomic mass is 32.2. The number of fused-ring (bicyclic) bond motifs is 5. The molecular weight excluding hydrogens is 484 g/mol. The molecule has 0 radical (unpaired) electrons. The lowest BCUT2D eigenvalue weighted by Gasteiger charge is -2.58. The molecule has 0 aliphatic heterocycles. The Kier molecular flexibility index (Phi) is 8.70. The van der Waals surface area contributed by atoms with Gasteiger partial charge in [0, 0.05) is 6.08 Å². The predicted octanol–water partition coefficient (Wildman–Crippen LogP) is 7.43. The molecule has 5 nitrogen and oxygen atoms in total. The number of hydrogen-bond donors (Lipinski definition) is 0. The molecule has 0 aromatic heterocycles. The van der Waals surface area contributed by atoms with Gasteiger partial charge >= 0.3 is 5.97 Å². The van der Waals surface area contributed by atoms with E-state index in [-0.39, 0.29) is 11.5 Å². The zero-order chi connectivity index (χ0) is 27.0. The van der Waals surface area contributed by atoms with E-state index in [1.54, 1.807) is 0 Å². The standard InChI is InChI=1S/C31H50O5S/c1-21(2)8-7-9-22(3)26-12-13-27-25-11-10-23-20-24(36-37(33,34)19-16-29(32)35-6)14-17-30(23,4)28(25)15-18-31(26,27)5/h10,16,19,21-22,24-28H,7-9,11-15,17-18,20H2,1-6H3/b19-16+/t22-,24+,25+,26-,27+,28+,30+,31-/m1/s1. The van der Waals surface area contributed by atoms with Gasteiger partial charge in [-0.3, -0.25) is 4.18 Å². The third-order valence-corrected chi connectivity index (χ3v) is 12.1. The van der Waals surface area contributed by atoms with Crippen LogP contribution in [0, 0.1) is 46.3 Å². The third-order valence-electron chi connectivity index (χ3n) is 11.1. The van der Waals surface area contributed by atoms with Crippen molar-refractivity contribution in [3.8, 4) is 0 Å². The Hall–Kier alpha value is -1.14. The van der Waals surface area contributed by atoms with Crippen molar-refractivity contribution in [2.45, 2.75) is 111 Å². The van der Waals surface area contributed by atoms with Crippen LogP contribution in [0.25, 0.3) is 0 Å². The predicted molar refractivity (Wildman–Crippen MR) is 148 cm³/mol. The van der Waals surface area contributed by atoms with Crippen LogP contribution >= 0.6 is 0 Å². The molecule has 3 saturated carbocycles. The summed E-state index contributed by atoms with van der Waals surface area (Å²) in [7, 11) is -2.70. The van der Waals surface area contributed by atoms with E-state index in [9.17, 15) is 13.2 Å². The van der Waals surface area contributed by atoms with Gasteiger partial charge in [-0.15, -0.1) is 0 Å². The Balaban J connectivity index is 1.43. The fourth-order valence-electron chi connectivity index (χ4n) is 9.16. The van der Waals surface area contributed by atoms with E-state index < -0.39 is 16.1 Å². The normalized spacial score (nSPS) is 38.6. The number of ether oxygens (including phenoxy) is 1. The van der Waals surface area contributed by atoms with Gasteiger partial charge in [0.2, 0.25) is 0 Å². The summed E-state index contributed by atoms with van der Waals surface area (Å²) in [5.74, 6) is 4.04. The van der Waals surface area contributed by atoms with Crippen molar-refractivity contribution in [1.82, 2.24) is 0 Å². The Morgan fingerprint density at radius 2 is 1.84 bits per heavy atom. The molecule has 0 aromatic carbocycles. The molecule has 4 aliphatic rings. The van der Waals surface area contributed by atoms with Crippen LogP contribution in [0.5, 0.6) is 0 Å². The summed E-state index contributed by atoms with van der Waals surface area (Å²) < 4.78 is 34.8. The van der Waals surface area contributed by atoms with Crippen molar-refractivity contribution in [2.24, 2.45) is 46.3 Å². The maximum Gasteiger partial charge on any atom is 0.331 e. The molecule has 37 heavy (non-hydrogen) atoms. The quantitative estimate of drug-likeness (QED) is 0.133. The first kappa shape index (κ1) is 28.9.